The van der Waals surface area contributed by atoms with Crippen LogP contribution in [0.2, 0.25) is 0 Å². The lowest BCUT2D eigenvalue weighted by molar-refractivity contribution is -0.109. The summed E-state index contributed by atoms with van der Waals surface area (Å²) in [6, 6.07) is -0.319. The van der Waals surface area contributed by atoms with E-state index in [-0.39, 0.29) is 6.04 Å². The molecule has 0 spiro atoms. The molecule has 4 heteroatoms. The molecule has 0 aromatic rings. The Hall–Kier alpha value is -0.930. The molecule has 0 heterocycles. The second kappa shape index (κ2) is 4.23. The van der Waals surface area contributed by atoms with Crippen LogP contribution in [-0.2, 0) is 4.79 Å². The lowest BCUT2D eigenvalue weighted by Crippen LogP contribution is -2.21. The summed E-state index contributed by atoms with van der Waals surface area (Å²) >= 11 is 0. The first kappa shape index (κ1) is 7.07. The number of nitroso groups, excluding NO2 is 1. The summed E-state index contributed by atoms with van der Waals surface area (Å²) in [5.74, 6) is 0. The highest BCUT2D eigenvalue weighted by atomic mass is 16.3. The van der Waals surface area contributed by atoms with Crippen LogP contribution < -0.4 is 5.32 Å². The highest BCUT2D eigenvalue weighted by Crippen LogP contribution is 1.81. The zero-order valence-electron chi connectivity index (χ0n) is 4.63. The minimum atomic E-state index is -0.319. The molecule has 4 nitrogen and oxygen atoms in total. The highest BCUT2D eigenvalue weighted by Gasteiger charge is 1.95. The van der Waals surface area contributed by atoms with Crippen molar-refractivity contribution >= 4 is 6.41 Å². The minimum Gasteiger partial charge on any atom is -0.356 e. The van der Waals surface area contributed by atoms with Gasteiger partial charge in [-0.05, 0) is 6.92 Å². The Bertz CT molecular complexity index is 84.1. The predicted octanol–water partition coefficient (Wildman–Crippen LogP) is -0.113. The number of hydrogen-bond donors (Lipinski definition) is 1. The normalized spacial score (nSPS) is 12.1. The van der Waals surface area contributed by atoms with E-state index in [2.05, 4.69) is 10.5 Å². The Labute approximate surface area is 47.2 Å². The van der Waals surface area contributed by atoms with Gasteiger partial charge in [0.25, 0.3) is 0 Å². The topological polar surface area (TPSA) is 58.5 Å². The molecule has 1 atom stereocenters. The molecule has 0 aliphatic heterocycles. The number of nitrogens with one attached hydrogen (secondary N) is 1. The van der Waals surface area contributed by atoms with E-state index in [9.17, 15) is 9.70 Å². The second-order valence-electron chi connectivity index (χ2n) is 1.48. The van der Waals surface area contributed by atoms with Crippen LogP contribution in [0.3, 0.4) is 0 Å². The van der Waals surface area contributed by atoms with Gasteiger partial charge < -0.3 is 5.32 Å². The molecule has 0 bridgehead atoms. The molecule has 0 saturated carbocycles. The Balaban J connectivity index is 3.09. The van der Waals surface area contributed by atoms with Crippen molar-refractivity contribution in [2.75, 3.05) is 6.54 Å². The number of rotatable bonds is 4. The summed E-state index contributed by atoms with van der Waals surface area (Å²) in [7, 11) is 0. The lowest BCUT2D eigenvalue weighted by Gasteiger charge is -1.96. The first-order chi connectivity index (χ1) is 3.81. The highest BCUT2D eigenvalue weighted by molar-refractivity contribution is 5.45. The number of amides is 1. The fourth-order valence-corrected chi connectivity index (χ4v) is 0.256. The van der Waals surface area contributed by atoms with Gasteiger partial charge in [-0.15, -0.1) is 0 Å². The van der Waals surface area contributed by atoms with Crippen molar-refractivity contribution in [1.82, 2.24) is 5.32 Å². The van der Waals surface area contributed by atoms with Crippen LogP contribution >= 0.6 is 0 Å². The van der Waals surface area contributed by atoms with Crippen molar-refractivity contribution in [3.05, 3.63) is 4.91 Å². The van der Waals surface area contributed by atoms with Crippen LogP contribution in [0.4, 0.5) is 0 Å². The Morgan fingerprint density at radius 3 is 2.88 bits per heavy atom. The van der Waals surface area contributed by atoms with E-state index in [1.165, 1.54) is 0 Å². The third-order valence-electron chi connectivity index (χ3n) is 0.677. The van der Waals surface area contributed by atoms with Gasteiger partial charge in [-0.25, -0.2) is 0 Å². The van der Waals surface area contributed by atoms with Crippen LogP contribution in [0.5, 0.6) is 0 Å². The van der Waals surface area contributed by atoms with E-state index in [4.69, 9.17) is 0 Å². The van der Waals surface area contributed by atoms with Crippen LogP contribution in [0.1, 0.15) is 6.92 Å². The molecule has 0 rings (SSSR count). The van der Waals surface area contributed by atoms with Gasteiger partial charge in [0, 0.05) is 6.54 Å². The van der Waals surface area contributed by atoms with E-state index >= 15 is 0 Å². The standard InChI is InChI=1S/C4H8N2O2/c1-4(6-8)2-5-3-7/h3-4H,2H2,1H3,(H,5,7). The zero-order chi connectivity index (χ0) is 6.41. The van der Waals surface area contributed by atoms with Gasteiger partial charge >= 0.3 is 0 Å². The van der Waals surface area contributed by atoms with Crippen LogP contribution in [0.15, 0.2) is 5.18 Å². The zero-order valence-corrected chi connectivity index (χ0v) is 4.63. The molecule has 0 radical (unpaired) electrons. The van der Waals surface area contributed by atoms with Gasteiger partial charge in [-0.2, -0.15) is 4.91 Å². The number of carbonyl (C=O) groups is 1. The molecule has 1 N–H and O–H groups in total. The van der Waals surface area contributed by atoms with E-state index in [0.29, 0.717) is 13.0 Å². The second-order valence-corrected chi connectivity index (χ2v) is 1.48. The molecule has 0 saturated heterocycles. The summed E-state index contributed by atoms with van der Waals surface area (Å²) < 4.78 is 0. The van der Waals surface area contributed by atoms with Crippen molar-refractivity contribution in [3.63, 3.8) is 0 Å². The van der Waals surface area contributed by atoms with Crippen molar-refractivity contribution in [3.8, 4) is 0 Å². The van der Waals surface area contributed by atoms with Crippen molar-refractivity contribution in [2.24, 2.45) is 5.18 Å². The van der Waals surface area contributed by atoms with Crippen LogP contribution in [-0.4, -0.2) is 19.0 Å². The number of nitrogens with zero attached hydrogens (tertiary/aromatic N) is 1. The van der Waals surface area contributed by atoms with Crippen molar-refractivity contribution in [2.45, 2.75) is 13.0 Å². The maximum absolute atomic E-state index is 9.60. The number of hydrogen-bond acceptors (Lipinski definition) is 3. The SMILES string of the molecule is CC(CNC=O)N=O. The lowest BCUT2D eigenvalue weighted by atomic mass is 10.4. The van der Waals surface area contributed by atoms with Crippen molar-refractivity contribution in [1.29, 1.82) is 0 Å². The Morgan fingerprint density at radius 1 is 1.88 bits per heavy atom. The minimum absolute atomic E-state index is 0.319. The quantitative estimate of drug-likeness (QED) is 0.411. The monoisotopic (exact) mass is 116 g/mol. The molecule has 8 heavy (non-hydrogen) atoms. The third-order valence-corrected chi connectivity index (χ3v) is 0.677. The van der Waals surface area contributed by atoms with Gasteiger partial charge in [0.05, 0.1) is 0 Å². The average Bonchev–Trinajstić information content (AvgIpc) is 1.83. The summed E-state index contributed by atoms with van der Waals surface area (Å²) in [5.41, 5.74) is 0. The first-order valence-corrected chi connectivity index (χ1v) is 2.30. The molecule has 0 aliphatic rings. The van der Waals surface area contributed by atoms with Gasteiger partial charge in [0.2, 0.25) is 6.41 Å². The van der Waals surface area contributed by atoms with E-state index < -0.39 is 0 Å². The Morgan fingerprint density at radius 2 is 2.50 bits per heavy atom. The largest absolute Gasteiger partial charge is 0.356 e. The van der Waals surface area contributed by atoms with Gasteiger partial charge in [-0.1, -0.05) is 5.18 Å². The van der Waals surface area contributed by atoms with Crippen LogP contribution in [0, 0.1) is 4.91 Å². The molecule has 0 aliphatic carbocycles. The summed E-state index contributed by atoms with van der Waals surface area (Å²) in [5, 5.41) is 4.98. The fourth-order valence-electron chi connectivity index (χ4n) is 0.256. The predicted molar refractivity (Wildman–Crippen MR) is 29.3 cm³/mol. The van der Waals surface area contributed by atoms with E-state index in [1.54, 1.807) is 6.92 Å². The molecule has 0 aromatic carbocycles. The molecule has 1 unspecified atom stereocenters. The maximum Gasteiger partial charge on any atom is 0.207 e. The maximum atomic E-state index is 9.60. The summed E-state index contributed by atoms with van der Waals surface area (Å²) in [6.07, 6.45) is 0.543. The Kier molecular flexibility index (Phi) is 3.74. The molecular weight excluding hydrogens is 108 g/mol. The fraction of sp³-hybridized carbons (Fsp3) is 0.750. The summed E-state index contributed by atoms with van der Waals surface area (Å²) in [4.78, 5) is 19.2. The molecule has 1 amide bonds. The molecule has 46 valence electrons. The molecular formula is C4H8N2O2. The number of carbonyl (C=O) groups excluding carboxylic acids is 1. The van der Waals surface area contributed by atoms with Crippen LogP contribution in [0.25, 0.3) is 0 Å². The third kappa shape index (κ3) is 3.27. The smallest absolute Gasteiger partial charge is 0.207 e. The van der Waals surface area contributed by atoms with Gasteiger partial charge in [-0.3, -0.25) is 4.79 Å². The first-order valence-electron chi connectivity index (χ1n) is 2.30. The van der Waals surface area contributed by atoms with Gasteiger partial charge in [0.15, 0.2) is 0 Å². The van der Waals surface area contributed by atoms with E-state index in [1.807, 2.05) is 0 Å². The van der Waals surface area contributed by atoms with E-state index in [0.717, 1.165) is 0 Å². The molecule has 0 aromatic heterocycles. The summed E-state index contributed by atoms with van der Waals surface area (Å²) in [6.45, 7) is 1.95. The van der Waals surface area contributed by atoms with Crippen molar-refractivity contribution < 1.29 is 4.79 Å². The average molecular weight is 116 g/mol. The molecule has 0 fully saturated rings. The van der Waals surface area contributed by atoms with Gasteiger partial charge in [0.1, 0.15) is 6.04 Å².